The summed E-state index contributed by atoms with van der Waals surface area (Å²) in [6.07, 6.45) is 5.63. The van der Waals surface area contributed by atoms with Gasteiger partial charge in [0.25, 0.3) is 0 Å². The van der Waals surface area contributed by atoms with Gasteiger partial charge in [0.2, 0.25) is 0 Å². The summed E-state index contributed by atoms with van der Waals surface area (Å²) in [5.74, 6) is -0.0761. The van der Waals surface area contributed by atoms with E-state index in [1.54, 1.807) is 6.07 Å². The maximum Gasteiger partial charge on any atom is 0.165 e. The second-order valence-corrected chi connectivity index (χ2v) is 4.74. The number of methoxy groups -OCH3 is 1. The van der Waals surface area contributed by atoms with Crippen molar-refractivity contribution < 1.29 is 9.13 Å². The maximum absolute atomic E-state index is 13.5. The molecule has 1 aromatic rings. The fourth-order valence-corrected chi connectivity index (χ4v) is 2.08. The highest BCUT2D eigenvalue weighted by molar-refractivity contribution is 6.20. The number of alkyl halides is 1. The van der Waals surface area contributed by atoms with Crippen LogP contribution in [0.4, 0.5) is 4.39 Å². The van der Waals surface area contributed by atoms with Gasteiger partial charge in [-0.25, -0.2) is 4.39 Å². The molecule has 0 spiro atoms. The molecule has 0 saturated carbocycles. The fraction of sp³-hybridized carbons (Fsp3) is 0.571. The number of hydrogen-bond donors (Lipinski definition) is 0. The molecule has 1 aromatic carbocycles. The van der Waals surface area contributed by atoms with Gasteiger partial charge in [-0.15, -0.1) is 11.6 Å². The molecule has 1 unspecified atom stereocenters. The van der Waals surface area contributed by atoms with Gasteiger partial charge < -0.3 is 4.74 Å². The minimum Gasteiger partial charge on any atom is -0.494 e. The number of ether oxygens (including phenoxy) is 1. The van der Waals surface area contributed by atoms with Crippen LogP contribution in [0.25, 0.3) is 0 Å². The van der Waals surface area contributed by atoms with E-state index < -0.39 is 0 Å². The Morgan fingerprint density at radius 1 is 1.29 bits per heavy atom. The normalized spacial score (nSPS) is 12.5. The summed E-state index contributed by atoms with van der Waals surface area (Å²) in [7, 11) is 1.46. The molecule has 0 aromatic heterocycles. The Kier molecular flexibility index (Phi) is 6.35. The lowest BCUT2D eigenvalue weighted by Gasteiger charge is -2.11. The molecule has 1 rings (SSSR count). The van der Waals surface area contributed by atoms with E-state index in [4.69, 9.17) is 16.3 Å². The van der Waals surface area contributed by atoms with Gasteiger partial charge in [-0.3, -0.25) is 0 Å². The van der Waals surface area contributed by atoms with Gasteiger partial charge >= 0.3 is 0 Å². The van der Waals surface area contributed by atoms with Gasteiger partial charge in [-0.1, -0.05) is 38.7 Å². The molecular formula is C14H20ClFO. The summed E-state index contributed by atoms with van der Waals surface area (Å²) in [5, 5.41) is -0.104. The number of rotatable bonds is 7. The first kappa shape index (κ1) is 14.3. The van der Waals surface area contributed by atoms with Crippen LogP contribution in [0.2, 0.25) is 0 Å². The minimum atomic E-state index is -0.343. The molecule has 3 heteroatoms. The molecule has 0 N–H and O–H groups in total. The molecule has 96 valence electrons. The van der Waals surface area contributed by atoms with Crippen LogP contribution >= 0.6 is 11.6 Å². The van der Waals surface area contributed by atoms with E-state index in [1.807, 2.05) is 6.07 Å². The molecule has 0 fully saturated rings. The van der Waals surface area contributed by atoms with Gasteiger partial charge in [0, 0.05) is 0 Å². The minimum absolute atomic E-state index is 0.104. The van der Waals surface area contributed by atoms with Gasteiger partial charge in [0.05, 0.1) is 12.5 Å². The van der Waals surface area contributed by atoms with Crippen molar-refractivity contribution in [3.63, 3.8) is 0 Å². The monoisotopic (exact) mass is 258 g/mol. The van der Waals surface area contributed by atoms with Crippen LogP contribution < -0.4 is 4.74 Å². The predicted molar refractivity (Wildman–Crippen MR) is 70.3 cm³/mol. The van der Waals surface area contributed by atoms with E-state index >= 15 is 0 Å². The third kappa shape index (κ3) is 4.55. The molecule has 0 amide bonds. The molecule has 0 aliphatic heterocycles. The molecule has 0 aliphatic carbocycles. The first-order chi connectivity index (χ1) is 8.19. The predicted octanol–water partition coefficient (Wildman–Crippen LogP) is 5.08. The zero-order valence-corrected chi connectivity index (χ0v) is 11.3. The summed E-state index contributed by atoms with van der Waals surface area (Å²) >= 11 is 6.25. The Labute approximate surface area is 108 Å². The Balaban J connectivity index is 2.51. The number of halogens is 2. The number of unbranched alkanes of at least 4 members (excludes halogenated alkanes) is 3. The summed E-state index contributed by atoms with van der Waals surface area (Å²) in [6, 6.07) is 4.93. The van der Waals surface area contributed by atoms with E-state index in [0.29, 0.717) is 0 Å². The Bertz CT molecular complexity index is 341. The molecule has 0 radical (unpaired) electrons. The Morgan fingerprint density at radius 3 is 2.65 bits per heavy atom. The van der Waals surface area contributed by atoms with Crippen LogP contribution in [0.15, 0.2) is 18.2 Å². The van der Waals surface area contributed by atoms with Gasteiger partial charge in [-0.2, -0.15) is 0 Å². The molecule has 0 bridgehead atoms. The molecule has 0 heterocycles. The van der Waals surface area contributed by atoms with E-state index in [-0.39, 0.29) is 16.9 Å². The highest BCUT2D eigenvalue weighted by Gasteiger charge is 2.10. The number of benzene rings is 1. The fourth-order valence-electron chi connectivity index (χ4n) is 1.79. The zero-order chi connectivity index (χ0) is 12.7. The second-order valence-electron chi connectivity index (χ2n) is 4.21. The van der Waals surface area contributed by atoms with Crippen molar-refractivity contribution in [1.29, 1.82) is 0 Å². The van der Waals surface area contributed by atoms with Gasteiger partial charge in [-0.05, 0) is 24.1 Å². The molecular weight excluding hydrogens is 239 g/mol. The van der Waals surface area contributed by atoms with Crippen molar-refractivity contribution in [3.05, 3.63) is 29.6 Å². The van der Waals surface area contributed by atoms with Crippen molar-refractivity contribution in [1.82, 2.24) is 0 Å². The molecule has 0 aliphatic rings. The van der Waals surface area contributed by atoms with Crippen molar-refractivity contribution >= 4 is 11.6 Å². The van der Waals surface area contributed by atoms with E-state index in [2.05, 4.69) is 6.92 Å². The van der Waals surface area contributed by atoms with E-state index in [1.165, 1.54) is 32.4 Å². The third-order valence-electron chi connectivity index (χ3n) is 2.85. The van der Waals surface area contributed by atoms with E-state index in [9.17, 15) is 4.39 Å². The summed E-state index contributed by atoms with van der Waals surface area (Å²) < 4.78 is 18.3. The van der Waals surface area contributed by atoms with Crippen LogP contribution in [-0.2, 0) is 0 Å². The van der Waals surface area contributed by atoms with Crippen LogP contribution in [0.1, 0.15) is 50.0 Å². The first-order valence-corrected chi connectivity index (χ1v) is 6.60. The van der Waals surface area contributed by atoms with Gasteiger partial charge in [0.1, 0.15) is 0 Å². The van der Waals surface area contributed by atoms with Crippen molar-refractivity contribution in [2.75, 3.05) is 7.11 Å². The highest BCUT2D eigenvalue weighted by atomic mass is 35.5. The molecule has 17 heavy (non-hydrogen) atoms. The van der Waals surface area contributed by atoms with E-state index in [0.717, 1.165) is 18.4 Å². The lowest BCUT2D eigenvalue weighted by molar-refractivity contribution is 0.386. The summed E-state index contributed by atoms with van der Waals surface area (Å²) in [6.45, 7) is 2.18. The lowest BCUT2D eigenvalue weighted by Crippen LogP contribution is -1.94. The topological polar surface area (TPSA) is 9.23 Å². The van der Waals surface area contributed by atoms with Crippen LogP contribution in [0, 0.1) is 5.82 Å². The molecule has 0 saturated heterocycles. The third-order valence-corrected chi connectivity index (χ3v) is 3.32. The summed E-state index contributed by atoms with van der Waals surface area (Å²) in [4.78, 5) is 0. The Hall–Kier alpha value is -0.760. The van der Waals surface area contributed by atoms with Crippen molar-refractivity contribution in [2.45, 2.75) is 44.4 Å². The lowest BCUT2D eigenvalue weighted by atomic mass is 10.0. The molecule has 1 atom stereocenters. The first-order valence-electron chi connectivity index (χ1n) is 6.16. The van der Waals surface area contributed by atoms with Crippen LogP contribution in [-0.4, -0.2) is 7.11 Å². The van der Waals surface area contributed by atoms with Crippen LogP contribution in [0.5, 0.6) is 5.75 Å². The highest BCUT2D eigenvalue weighted by Crippen LogP contribution is 2.29. The second kappa shape index (κ2) is 7.54. The average molecular weight is 259 g/mol. The zero-order valence-electron chi connectivity index (χ0n) is 10.5. The summed E-state index contributed by atoms with van der Waals surface area (Å²) in [5.41, 5.74) is 0.835. The smallest absolute Gasteiger partial charge is 0.165 e. The Morgan fingerprint density at radius 2 is 2.06 bits per heavy atom. The largest absolute Gasteiger partial charge is 0.494 e. The van der Waals surface area contributed by atoms with Gasteiger partial charge in [0.15, 0.2) is 11.6 Å². The van der Waals surface area contributed by atoms with Crippen LogP contribution in [0.3, 0.4) is 0 Å². The standard InChI is InChI=1S/C14H20ClFO/c1-3-4-5-6-7-12(15)11-8-9-14(17-2)13(16)10-11/h8-10,12H,3-7H2,1-2H3. The maximum atomic E-state index is 13.5. The number of hydrogen-bond acceptors (Lipinski definition) is 1. The van der Waals surface area contributed by atoms with Crippen molar-refractivity contribution in [3.8, 4) is 5.75 Å². The quantitative estimate of drug-likeness (QED) is 0.489. The SMILES string of the molecule is CCCCCCC(Cl)c1ccc(OC)c(F)c1. The molecule has 1 nitrogen and oxygen atoms in total. The van der Waals surface area contributed by atoms with Crippen molar-refractivity contribution in [2.24, 2.45) is 0 Å². The average Bonchev–Trinajstić information content (AvgIpc) is 2.34.